The summed E-state index contributed by atoms with van der Waals surface area (Å²) in [5.41, 5.74) is 2.15. The van der Waals surface area contributed by atoms with Crippen LogP contribution in [-0.2, 0) is 9.63 Å². The van der Waals surface area contributed by atoms with Gasteiger partial charge in [0, 0.05) is 5.56 Å². The van der Waals surface area contributed by atoms with Crippen molar-refractivity contribution in [2.45, 2.75) is 50.7 Å². The molecule has 0 heterocycles. The van der Waals surface area contributed by atoms with Crippen LogP contribution in [0.15, 0.2) is 23.4 Å². The number of oxime groups is 1. The van der Waals surface area contributed by atoms with Crippen LogP contribution in [0.4, 0.5) is 0 Å². The predicted octanol–water partition coefficient (Wildman–Crippen LogP) is 1.84. The summed E-state index contributed by atoms with van der Waals surface area (Å²) in [4.78, 5) is 15.7. The van der Waals surface area contributed by atoms with Gasteiger partial charge in [-0.2, -0.15) is 0 Å². The summed E-state index contributed by atoms with van der Waals surface area (Å²) in [5.74, 6) is -0.385. The molecule has 4 rings (SSSR count). The topological polar surface area (TPSA) is 120 Å². The van der Waals surface area contributed by atoms with Crippen LogP contribution in [0, 0.1) is 17.3 Å². The lowest BCUT2D eigenvalue weighted by atomic mass is 9.55. The Balaban J connectivity index is 1.73. The second-order valence-corrected chi connectivity index (χ2v) is 8.35. The molecule has 0 amide bonds. The number of phenols is 1. The maximum Gasteiger partial charge on any atom is 0.344 e. The molecule has 6 atom stereocenters. The first-order chi connectivity index (χ1) is 12.8. The Morgan fingerprint density at radius 3 is 2.89 bits per heavy atom. The molecule has 3 aliphatic rings. The van der Waals surface area contributed by atoms with Gasteiger partial charge in [-0.05, 0) is 66.5 Å². The maximum atomic E-state index is 10.7. The third-order valence-corrected chi connectivity index (χ3v) is 6.95. The number of fused-ring (bicyclic) bond motifs is 5. The number of aliphatic carboxylic acids is 1. The second-order valence-electron chi connectivity index (χ2n) is 8.35. The van der Waals surface area contributed by atoms with E-state index in [-0.39, 0.29) is 28.9 Å². The van der Waals surface area contributed by atoms with Gasteiger partial charge < -0.3 is 25.3 Å². The minimum absolute atomic E-state index is 0.130. The average molecular weight is 375 g/mol. The molecule has 0 bridgehead atoms. The van der Waals surface area contributed by atoms with Gasteiger partial charge in [0.05, 0.1) is 17.9 Å². The van der Waals surface area contributed by atoms with Crippen molar-refractivity contribution >= 4 is 11.7 Å². The number of rotatable bonds is 3. The quantitative estimate of drug-likeness (QED) is 0.599. The molecule has 27 heavy (non-hydrogen) atoms. The van der Waals surface area contributed by atoms with Crippen molar-refractivity contribution in [1.82, 2.24) is 0 Å². The van der Waals surface area contributed by atoms with Crippen LogP contribution in [-0.4, -0.2) is 50.9 Å². The summed E-state index contributed by atoms with van der Waals surface area (Å²) < 4.78 is 0. The number of carbonyl (C=O) groups is 1. The number of aromatic hydroxyl groups is 1. The van der Waals surface area contributed by atoms with E-state index in [2.05, 4.69) is 12.1 Å². The van der Waals surface area contributed by atoms with Gasteiger partial charge >= 0.3 is 5.97 Å². The van der Waals surface area contributed by atoms with Crippen LogP contribution < -0.4 is 0 Å². The number of carboxylic acids is 1. The van der Waals surface area contributed by atoms with E-state index in [1.807, 2.05) is 6.07 Å². The van der Waals surface area contributed by atoms with E-state index in [0.717, 1.165) is 24.0 Å². The highest BCUT2D eigenvalue weighted by Gasteiger charge is 2.58. The van der Waals surface area contributed by atoms with E-state index in [9.17, 15) is 20.1 Å². The van der Waals surface area contributed by atoms with Crippen LogP contribution in [0.5, 0.6) is 5.75 Å². The fourth-order valence-electron chi connectivity index (χ4n) is 5.65. The minimum Gasteiger partial charge on any atom is -0.508 e. The zero-order valence-corrected chi connectivity index (χ0v) is 15.2. The Bertz CT molecular complexity index is 793. The Morgan fingerprint density at radius 2 is 2.15 bits per heavy atom. The zero-order chi connectivity index (χ0) is 19.3. The molecule has 7 nitrogen and oxygen atoms in total. The Morgan fingerprint density at radius 1 is 1.37 bits per heavy atom. The highest BCUT2D eigenvalue weighted by atomic mass is 16.6. The summed E-state index contributed by atoms with van der Waals surface area (Å²) in [5, 5.41) is 43.6. The van der Waals surface area contributed by atoms with Gasteiger partial charge in [0.25, 0.3) is 0 Å². The monoisotopic (exact) mass is 375 g/mol. The number of hydrogen-bond acceptors (Lipinski definition) is 6. The third-order valence-electron chi connectivity index (χ3n) is 6.95. The standard InChI is InChI=1S/C20H25NO6/c1-20-5-4-12-11-3-2-10(22)6-14(11)16(21-27-9-18(24)25)7-13(12)15(20)8-17(23)19(20)26/h2-3,6,12-13,15,17,19,22-23,26H,4-5,7-9H2,1H3,(H,24,25)/b21-16-/t12?,13?,15?,17-,19+,20+/m0/s1. The first-order valence-electron chi connectivity index (χ1n) is 9.41. The molecule has 146 valence electrons. The molecule has 0 aliphatic heterocycles. The highest BCUT2D eigenvalue weighted by Crippen LogP contribution is 2.61. The predicted molar refractivity (Wildman–Crippen MR) is 96.5 cm³/mol. The fourth-order valence-corrected chi connectivity index (χ4v) is 5.65. The summed E-state index contributed by atoms with van der Waals surface area (Å²) in [6, 6.07) is 5.21. The first-order valence-corrected chi connectivity index (χ1v) is 9.41. The number of aliphatic hydroxyl groups is 2. The van der Waals surface area contributed by atoms with Gasteiger partial charge in [-0.15, -0.1) is 0 Å². The van der Waals surface area contributed by atoms with Crippen molar-refractivity contribution in [1.29, 1.82) is 0 Å². The second kappa shape index (κ2) is 6.49. The van der Waals surface area contributed by atoms with E-state index in [1.165, 1.54) is 0 Å². The molecule has 1 aromatic carbocycles. The molecule has 1 aromatic rings. The molecule has 0 radical (unpaired) electrons. The van der Waals surface area contributed by atoms with E-state index >= 15 is 0 Å². The van der Waals surface area contributed by atoms with Crippen LogP contribution in [0.2, 0.25) is 0 Å². The molecular weight excluding hydrogens is 350 g/mol. The molecule has 2 saturated carbocycles. The van der Waals surface area contributed by atoms with Gasteiger partial charge in [-0.25, -0.2) is 4.79 Å². The van der Waals surface area contributed by atoms with E-state index in [1.54, 1.807) is 12.1 Å². The smallest absolute Gasteiger partial charge is 0.344 e. The average Bonchev–Trinajstić information content (AvgIpc) is 2.85. The van der Waals surface area contributed by atoms with Crippen molar-refractivity contribution in [2.24, 2.45) is 22.4 Å². The van der Waals surface area contributed by atoms with Gasteiger partial charge in [0.15, 0.2) is 0 Å². The molecule has 3 aliphatic carbocycles. The number of benzene rings is 1. The largest absolute Gasteiger partial charge is 0.508 e. The van der Waals surface area contributed by atoms with Gasteiger partial charge in [0.2, 0.25) is 6.61 Å². The van der Waals surface area contributed by atoms with Crippen molar-refractivity contribution in [3.8, 4) is 5.75 Å². The molecule has 7 heteroatoms. The van der Waals surface area contributed by atoms with Crippen LogP contribution in [0.1, 0.15) is 49.7 Å². The van der Waals surface area contributed by atoms with Gasteiger partial charge in [0.1, 0.15) is 5.75 Å². The van der Waals surface area contributed by atoms with Crippen LogP contribution >= 0.6 is 0 Å². The molecule has 4 N–H and O–H groups in total. The number of carboxylic acid groups (broad SMARTS) is 1. The Hall–Kier alpha value is -2.12. The number of hydrogen-bond donors (Lipinski definition) is 4. The van der Waals surface area contributed by atoms with Crippen molar-refractivity contribution in [2.75, 3.05) is 6.61 Å². The van der Waals surface area contributed by atoms with Gasteiger partial charge in [-0.3, -0.25) is 0 Å². The summed E-state index contributed by atoms with van der Waals surface area (Å²) in [6.45, 7) is 1.53. The number of phenolic OH excluding ortho intramolecular Hbond substituents is 1. The Labute approximate surface area is 157 Å². The van der Waals surface area contributed by atoms with Gasteiger partial charge in [-0.1, -0.05) is 18.1 Å². The van der Waals surface area contributed by atoms with E-state index < -0.39 is 24.8 Å². The third kappa shape index (κ3) is 2.89. The Kier molecular flexibility index (Phi) is 4.39. The normalized spacial score (nSPS) is 38.8. The molecule has 0 spiro atoms. The van der Waals surface area contributed by atoms with Crippen LogP contribution in [0.25, 0.3) is 0 Å². The van der Waals surface area contributed by atoms with Crippen molar-refractivity contribution in [3.63, 3.8) is 0 Å². The lowest BCUT2D eigenvalue weighted by molar-refractivity contribution is -0.142. The minimum atomic E-state index is -1.10. The van der Waals surface area contributed by atoms with E-state index in [4.69, 9.17) is 9.94 Å². The number of nitrogens with zero attached hydrogens (tertiary/aromatic N) is 1. The summed E-state index contributed by atoms with van der Waals surface area (Å²) in [6.07, 6.45) is 1.40. The summed E-state index contributed by atoms with van der Waals surface area (Å²) in [7, 11) is 0. The lowest BCUT2D eigenvalue weighted by Crippen LogP contribution is -2.45. The maximum absolute atomic E-state index is 10.7. The van der Waals surface area contributed by atoms with Crippen LogP contribution in [0.3, 0.4) is 0 Å². The van der Waals surface area contributed by atoms with E-state index in [0.29, 0.717) is 18.6 Å². The van der Waals surface area contributed by atoms with Crippen molar-refractivity contribution < 1.29 is 30.1 Å². The highest BCUT2D eigenvalue weighted by molar-refractivity contribution is 6.03. The molecule has 0 aromatic heterocycles. The fraction of sp³-hybridized carbons (Fsp3) is 0.600. The molecule has 0 saturated heterocycles. The zero-order valence-electron chi connectivity index (χ0n) is 15.2. The summed E-state index contributed by atoms with van der Waals surface area (Å²) >= 11 is 0. The van der Waals surface area contributed by atoms with Crippen molar-refractivity contribution in [3.05, 3.63) is 29.3 Å². The molecule has 3 unspecified atom stereocenters. The molecular formula is C20H25NO6. The number of aliphatic hydroxyl groups excluding tert-OH is 2. The lowest BCUT2D eigenvalue weighted by Gasteiger charge is -2.49. The first kappa shape index (κ1) is 18.3. The SMILES string of the molecule is C[C@@]12CCC3c4ccc(O)cc4/C(=N\OCC(=O)O)CC3C1C[C@H](O)[C@H]2O. The molecule has 2 fully saturated rings.